The molecular formula is C15H23ClFN. The van der Waals surface area contributed by atoms with E-state index in [2.05, 4.69) is 26.1 Å². The monoisotopic (exact) mass is 271 g/mol. The van der Waals surface area contributed by atoms with Crippen LogP contribution in [0.4, 0.5) is 4.39 Å². The van der Waals surface area contributed by atoms with Gasteiger partial charge in [-0.3, -0.25) is 0 Å². The second-order valence-corrected chi connectivity index (χ2v) is 5.89. The van der Waals surface area contributed by atoms with Crippen LogP contribution in [-0.2, 0) is 0 Å². The Kier molecular flexibility index (Phi) is 6.10. The second-order valence-electron chi connectivity index (χ2n) is 5.49. The van der Waals surface area contributed by atoms with Gasteiger partial charge in [0, 0.05) is 6.04 Å². The number of hydrogen-bond acceptors (Lipinski definition) is 1. The summed E-state index contributed by atoms with van der Waals surface area (Å²) in [4.78, 5) is 0. The zero-order valence-corrected chi connectivity index (χ0v) is 12.4. The normalized spacial score (nSPS) is 14.8. The van der Waals surface area contributed by atoms with E-state index in [-0.39, 0.29) is 16.9 Å². The van der Waals surface area contributed by atoms with Gasteiger partial charge in [-0.25, -0.2) is 4.39 Å². The van der Waals surface area contributed by atoms with Crippen LogP contribution in [0.25, 0.3) is 0 Å². The maximum atomic E-state index is 13.1. The highest BCUT2D eigenvalue weighted by atomic mass is 35.5. The van der Waals surface area contributed by atoms with Gasteiger partial charge < -0.3 is 5.32 Å². The Morgan fingerprint density at radius 3 is 2.39 bits per heavy atom. The number of rotatable bonds is 6. The van der Waals surface area contributed by atoms with Crippen LogP contribution in [0.2, 0.25) is 5.02 Å². The first-order chi connectivity index (χ1) is 8.43. The van der Waals surface area contributed by atoms with Gasteiger partial charge in [0.2, 0.25) is 0 Å². The summed E-state index contributed by atoms with van der Waals surface area (Å²) in [6, 6.07) is 5.21. The SMILES string of the molecule is CNC(CC(C)CC(C)C)c1ccc(F)c(Cl)c1. The first kappa shape index (κ1) is 15.5. The van der Waals surface area contributed by atoms with E-state index in [1.54, 1.807) is 6.07 Å². The lowest BCUT2D eigenvalue weighted by molar-refractivity contribution is 0.366. The Morgan fingerprint density at radius 1 is 1.22 bits per heavy atom. The van der Waals surface area contributed by atoms with E-state index in [1.165, 1.54) is 12.5 Å². The zero-order chi connectivity index (χ0) is 13.7. The van der Waals surface area contributed by atoms with Crippen molar-refractivity contribution in [3.63, 3.8) is 0 Å². The lowest BCUT2D eigenvalue weighted by Gasteiger charge is -2.22. The maximum Gasteiger partial charge on any atom is 0.141 e. The molecule has 1 N–H and O–H groups in total. The van der Waals surface area contributed by atoms with Crippen molar-refractivity contribution >= 4 is 11.6 Å². The number of benzene rings is 1. The van der Waals surface area contributed by atoms with Crippen molar-refractivity contribution < 1.29 is 4.39 Å². The fourth-order valence-corrected chi connectivity index (χ4v) is 2.64. The summed E-state index contributed by atoms with van der Waals surface area (Å²) in [5, 5.41) is 3.49. The molecule has 0 aromatic heterocycles. The van der Waals surface area contributed by atoms with Gasteiger partial charge in [0.15, 0.2) is 0 Å². The van der Waals surface area contributed by atoms with E-state index < -0.39 is 0 Å². The van der Waals surface area contributed by atoms with Crippen molar-refractivity contribution in [3.8, 4) is 0 Å². The van der Waals surface area contributed by atoms with Crippen molar-refractivity contribution in [1.82, 2.24) is 5.32 Å². The Bertz CT molecular complexity index is 379. The Labute approximate surface area is 115 Å². The molecule has 0 aliphatic heterocycles. The molecule has 0 saturated carbocycles. The standard InChI is InChI=1S/C15H23ClFN/c1-10(2)7-11(3)8-15(18-4)12-5-6-14(17)13(16)9-12/h5-6,9-11,15,18H,7-8H2,1-4H3. The Balaban J connectivity index is 2.73. The van der Waals surface area contributed by atoms with Crippen LogP contribution in [0.5, 0.6) is 0 Å². The highest BCUT2D eigenvalue weighted by molar-refractivity contribution is 6.30. The van der Waals surface area contributed by atoms with Crippen LogP contribution in [-0.4, -0.2) is 7.05 Å². The topological polar surface area (TPSA) is 12.0 Å². The minimum atomic E-state index is -0.356. The van der Waals surface area contributed by atoms with Crippen LogP contribution < -0.4 is 5.32 Å². The Hall–Kier alpha value is -0.600. The van der Waals surface area contributed by atoms with Crippen molar-refractivity contribution in [2.24, 2.45) is 11.8 Å². The highest BCUT2D eigenvalue weighted by Crippen LogP contribution is 2.27. The summed E-state index contributed by atoms with van der Waals surface area (Å²) < 4.78 is 13.1. The predicted octanol–water partition coefficient (Wildman–Crippen LogP) is 4.81. The van der Waals surface area contributed by atoms with Gasteiger partial charge in [-0.1, -0.05) is 38.4 Å². The summed E-state index contributed by atoms with van der Waals surface area (Å²) in [6.45, 7) is 6.73. The predicted molar refractivity (Wildman–Crippen MR) is 76.4 cm³/mol. The van der Waals surface area contributed by atoms with Gasteiger partial charge in [0.1, 0.15) is 5.82 Å². The molecule has 2 atom stereocenters. The number of hydrogen-bond donors (Lipinski definition) is 1. The highest BCUT2D eigenvalue weighted by Gasteiger charge is 2.15. The molecule has 0 spiro atoms. The molecule has 0 radical (unpaired) electrons. The molecule has 18 heavy (non-hydrogen) atoms. The van der Waals surface area contributed by atoms with Crippen LogP contribution in [0.15, 0.2) is 18.2 Å². The Morgan fingerprint density at radius 2 is 1.89 bits per heavy atom. The van der Waals surface area contributed by atoms with Gasteiger partial charge in [-0.2, -0.15) is 0 Å². The lowest BCUT2D eigenvalue weighted by Crippen LogP contribution is -2.19. The molecule has 0 bridgehead atoms. The molecule has 0 aliphatic carbocycles. The minimum absolute atomic E-state index is 0.198. The third-order valence-electron chi connectivity index (χ3n) is 3.21. The maximum absolute atomic E-state index is 13.1. The molecule has 1 rings (SSSR count). The van der Waals surface area contributed by atoms with Crippen molar-refractivity contribution in [3.05, 3.63) is 34.6 Å². The fraction of sp³-hybridized carbons (Fsp3) is 0.600. The summed E-state index contributed by atoms with van der Waals surface area (Å²) in [5.74, 6) is 0.978. The average Bonchev–Trinajstić information content (AvgIpc) is 2.29. The first-order valence-corrected chi connectivity index (χ1v) is 6.94. The third-order valence-corrected chi connectivity index (χ3v) is 3.50. The average molecular weight is 272 g/mol. The quantitative estimate of drug-likeness (QED) is 0.783. The molecule has 3 heteroatoms. The lowest BCUT2D eigenvalue weighted by atomic mass is 9.90. The molecule has 1 nitrogen and oxygen atoms in total. The van der Waals surface area contributed by atoms with E-state index in [1.807, 2.05) is 13.1 Å². The van der Waals surface area contributed by atoms with Gasteiger partial charge in [-0.05, 0) is 49.4 Å². The molecular weight excluding hydrogens is 249 g/mol. The van der Waals surface area contributed by atoms with Gasteiger partial charge in [0.25, 0.3) is 0 Å². The smallest absolute Gasteiger partial charge is 0.141 e. The van der Waals surface area contributed by atoms with Crippen LogP contribution >= 0.6 is 11.6 Å². The second kappa shape index (κ2) is 7.10. The molecule has 0 amide bonds. The van der Waals surface area contributed by atoms with Crippen molar-refractivity contribution in [2.75, 3.05) is 7.05 Å². The fourth-order valence-electron chi connectivity index (χ4n) is 2.45. The molecule has 102 valence electrons. The van der Waals surface area contributed by atoms with Crippen molar-refractivity contribution in [1.29, 1.82) is 0 Å². The van der Waals surface area contributed by atoms with Crippen molar-refractivity contribution in [2.45, 2.75) is 39.7 Å². The third kappa shape index (κ3) is 4.58. The van der Waals surface area contributed by atoms with E-state index >= 15 is 0 Å². The molecule has 0 fully saturated rings. The van der Waals surface area contributed by atoms with Crippen LogP contribution in [0.3, 0.4) is 0 Å². The minimum Gasteiger partial charge on any atom is -0.313 e. The number of nitrogens with one attached hydrogen (secondary N) is 1. The van der Waals surface area contributed by atoms with E-state index in [9.17, 15) is 4.39 Å². The largest absolute Gasteiger partial charge is 0.313 e. The molecule has 0 aliphatic rings. The number of halogens is 2. The summed E-state index contributed by atoms with van der Waals surface area (Å²) in [6.07, 6.45) is 2.24. The van der Waals surface area contributed by atoms with Gasteiger partial charge in [-0.15, -0.1) is 0 Å². The molecule has 2 unspecified atom stereocenters. The van der Waals surface area contributed by atoms with Crippen LogP contribution in [0, 0.1) is 17.7 Å². The van der Waals surface area contributed by atoms with E-state index in [0.29, 0.717) is 11.8 Å². The molecule has 0 saturated heterocycles. The zero-order valence-electron chi connectivity index (χ0n) is 11.6. The van der Waals surface area contributed by atoms with E-state index in [4.69, 9.17) is 11.6 Å². The van der Waals surface area contributed by atoms with E-state index in [0.717, 1.165) is 12.0 Å². The molecule has 1 aromatic rings. The van der Waals surface area contributed by atoms with Gasteiger partial charge in [0.05, 0.1) is 5.02 Å². The molecule has 0 heterocycles. The van der Waals surface area contributed by atoms with Crippen LogP contribution in [0.1, 0.15) is 45.2 Å². The first-order valence-electron chi connectivity index (χ1n) is 6.56. The summed E-state index contributed by atoms with van der Waals surface area (Å²) >= 11 is 5.83. The molecule has 1 aromatic carbocycles. The summed E-state index contributed by atoms with van der Waals surface area (Å²) in [5.41, 5.74) is 1.06. The van der Waals surface area contributed by atoms with Gasteiger partial charge >= 0.3 is 0 Å². The summed E-state index contributed by atoms with van der Waals surface area (Å²) in [7, 11) is 1.93.